The first-order valence-electron chi connectivity index (χ1n) is 9.40. The number of para-hydroxylation sites is 1. The fourth-order valence-corrected chi connectivity index (χ4v) is 3.44. The molecule has 2 bridgehead atoms. The van der Waals surface area contributed by atoms with E-state index < -0.39 is 0 Å². The summed E-state index contributed by atoms with van der Waals surface area (Å²) in [7, 11) is 1.63. The maximum atomic E-state index is 6.46. The molecule has 28 heavy (non-hydrogen) atoms. The van der Waals surface area contributed by atoms with Crippen LogP contribution in [0.2, 0.25) is 5.02 Å². The van der Waals surface area contributed by atoms with Gasteiger partial charge >= 0.3 is 0 Å². The van der Waals surface area contributed by atoms with E-state index in [1.54, 1.807) is 7.11 Å². The van der Waals surface area contributed by atoms with Crippen LogP contribution in [0.15, 0.2) is 36.7 Å². The van der Waals surface area contributed by atoms with E-state index in [9.17, 15) is 0 Å². The highest BCUT2D eigenvalue weighted by atomic mass is 35.5. The number of methoxy groups -OCH3 is 1. The van der Waals surface area contributed by atoms with E-state index in [-0.39, 0.29) is 0 Å². The summed E-state index contributed by atoms with van der Waals surface area (Å²) in [5.41, 5.74) is 1.44. The van der Waals surface area contributed by atoms with Crippen LogP contribution in [0, 0.1) is 0 Å². The molecule has 0 saturated carbocycles. The molecule has 0 fully saturated rings. The number of anilines is 2. The molecule has 2 heterocycles. The number of aromatic nitrogens is 2. The SMILES string of the molecule is COc1cc2ncnc3c2cc1OCCCCCCOc1cccc(Cl)c1N3. The number of nitrogens with one attached hydrogen (secondary N) is 1. The molecule has 7 heteroatoms. The highest BCUT2D eigenvalue weighted by molar-refractivity contribution is 6.33. The Kier molecular flexibility index (Phi) is 5.67. The number of ether oxygens (including phenoxy) is 3. The van der Waals surface area contributed by atoms with Crippen molar-refractivity contribution in [2.24, 2.45) is 0 Å². The number of halogens is 1. The van der Waals surface area contributed by atoms with E-state index in [0.717, 1.165) is 36.6 Å². The number of hydrogen-bond donors (Lipinski definition) is 1. The predicted octanol–water partition coefficient (Wildman–Crippen LogP) is 5.37. The van der Waals surface area contributed by atoms with Gasteiger partial charge in [-0.05, 0) is 43.9 Å². The molecule has 1 N–H and O–H groups in total. The molecule has 1 aliphatic heterocycles. The first-order valence-corrected chi connectivity index (χ1v) is 9.78. The van der Waals surface area contributed by atoms with Crippen LogP contribution in [0.3, 0.4) is 0 Å². The zero-order valence-electron chi connectivity index (χ0n) is 15.7. The van der Waals surface area contributed by atoms with Gasteiger partial charge in [0.05, 0.1) is 30.9 Å². The zero-order chi connectivity index (χ0) is 19.3. The van der Waals surface area contributed by atoms with Crippen LogP contribution in [0.1, 0.15) is 25.7 Å². The first kappa shape index (κ1) is 18.6. The van der Waals surface area contributed by atoms with Crippen LogP contribution in [-0.4, -0.2) is 30.3 Å². The Morgan fingerprint density at radius 2 is 1.79 bits per heavy atom. The molecule has 0 radical (unpaired) electrons. The summed E-state index contributed by atoms with van der Waals surface area (Å²) in [5, 5.41) is 4.72. The van der Waals surface area contributed by atoms with Crippen LogP contribution < -0.4 is 19.5 Å². The van der Waals surface area contributed by atoms with Crippen molar-refractivity contribution < 1.29 is 14.2 Å². The highest BCUT2D eigenvalue weighted by Gasteiger charge is 2.15. The van der Waals surface area contributed by atoms with Crippen LogP contribution in [-0.2, 0) is 0 Å². The fraction of sp³-hybridized carbons (Fsp3) is 0.333. The summed E-state index contributed by atoms with van der Waals surface area (Å²) >= 11 is 6.46. The smallest absolute Gasteiger partial charge is 0.162 e. The Morgan fingerprint density at radius 3 is 2.57 bits per heavy atom. The summed E-state index contributed by atoms with van der Waals surface area (Å²) in [5.74, 6) is 2.67. The van der Waals surface area contributed by atoms with E-state index in [4.69, 9.17) is 25.8 Å². The molecule has 1 aliphatic rings. The molecule has 0 atom stereocenters. The van der Waals surface area contributed by atoms with Crippen LogP contribution in [0.5, 0.6) is 17.2 Å². The quantitative estimate of drug-likeness (QED) is 0.593. The van der Waals surface area contributed by atoms with Gasteiger partial charge < -0.3 is 19.5 Å². The first-order chi connectivity index (χ1) is 13.8. The van der Waals surface area contributed by atoms with E-state index >= 15 is 0 Å². The summed E-state index contributed by atoms with van der Waals surface area (Å²) in [6.45, 7) is 1.27. The third-order valence-electron chi connectivity index (χ3n) is 4.69. The van der Waals surface area contributed by atoms with Gasteiger partial charge in [-0.2, -0.15) is 0 Å². The third-order valence-corrected chi connectivity index (χ3v) is 5.01. The Labute approximate surface area is 168 Å². The van der Waals surface area contributed by atoms with Crippen LogP contribution >= 0.6 is 11.6 Å². The lowest BCUT2D eigenvalue weighted by atomic mass is 10.2. The minimum atomic E-state index is 0.568. The van der Waals surface area contributed by atoms with Crippen molar-refractivity contribution in [2.45, 2.75) is 25.7 Å². The summed E-state index contributed by atoms with van der Waals surface area (Å²) in [4.78, 5) is 8.79. The number of benzene rings is 2. The standard InChI is InChI=1S/C21H22ClN3O3/c1-26-18-12-16-14-11-19(18)28-10-5-3-2-4-9-27-17-8-6-7-15(22)20(17)25-21(14)24-13-23-16/h6-8,11-13H,2-5,9-10H2,1H3,(H,23,24,25). The molecule has 0 unspecified atom stereocenters. The third kappa shape index (κ3) is 3.92. The normalized spacial score (nSPS) is 14.8. The van der Waals surface area contributed by atoms with Gasteiger partial charge in [-0.3, -0.25) is 0 Å². The molecule has 0 spiro atoms. The summed E-state index contributed by atoms with van der Waals surface area (Å²) < 4.78 is 17.5. The lowest BCUT2D eigenvalue weighted by Crippen LogP contribution is -2.03. The monoisotopic (exact) mass is 399 g/mol. The van der Waals surface area contributed by atoms with Crippen LogP contribution in [0.25, 0.3) is 10.9 Å². The van der Waals surface area contributed by atoms with Crippen LogP contribution in [0.4, 0.5) is 11.5 Å². The van der Waals surface area contributed by atoms with E-state index in [1.807, 2.05) is 30.3 Å². The Balaban J connectivity index is 1.82. The molecular formula is C21H22ClN3O3. The summed E-state index contributed by atoms with van der Waals surface area (Å²) in [6, 6.07) is 9.39. The van der Waals surface area contributed by atoms with Crippen molar-refractivity contribution in [1.82, 2.24) is 9.97 Å². The van der Waals surface area contributed by atoms with Gasteiger partial charge in [0.2, 0.25) is 0 Å². The van der Waals surface area contributed by atoms with Gasteiger partial charge in [-0.1, -0.05) is 17.7 Å². The molecule has 146 valence electrons. The summed E-state index contributed by atoms with van der Waals surface area (Å²) in [6.07, 6.45) is 5.61. The maximum Gasteiger partial charge on any atom is 0.162 e. The topological polar surface area (TPSA) is 65.5 Å². The molecule has 1 aromatic heterocycles. The second-order valence-electron chi connectivity index (χ2n) is 6.59. The maximum absolute atomic E-state index is 6.46. The second kappa shape index (κ2) is 8.52. The van der Waals surface area contributed by atoms with Gasteiger partial charge in [0, 0.05) is 11.5 Å². The lowest BCUT2D eigenvalue weighted by Gasteiger charge is -2.16. The largest absolute Gasteiger partial charge is 0.493 e. The van der Waals surface area contributed by atoms with E-state index in [2.05, 4.69) is 15.3 Å². The molecule has 6 nitrogen and oxygen atoms in total. The minimum absolute atomic E-state index is 0.568. The lowest BCUT2D eigenvalue weighted by molar-refractivity contribution is 0.277. The molecular weight excluding hydrogens is 378 g/mol. The van der Waals surface area contributed by atoms with Gasteiger partial charge in [-0.15, -0.1) is 0 Å². The average molecular weight is 400 g/mol. The van der Waals surface area contributed by atoms with E-state index in [1.165, 1.54) is 6.33 Å². The minimum Gasteiger partial charge on any atom is -0.493 e. The van der Waals surface area contributed by atoms with E-state index in [0.29, 0.717) is 47.0 Å². The Morgan fingerprint density at radius 1 is 1.00 bits per heavy atom. The molecule has 0 saturated heterocycles. The number of fused-ring (bicyclic) bond motifs is 2. The number of rotatable bonds is 1. The fourth-order valence-electron chi connectivity index (χ4n) is 3.22. The average Bonchev–Trinajstić information content (AvgIpc) is 2.71. The molecule has 3 aromatic rings. The van der Waals surface area contributed by atoms with Gasteiger partial charge in [0.15, 0.2) is 11.5 Å². The number of hydrogen-bond acceptors (Lipinski definition) is 6. The Bertz CT molecular complexity index is 981. The molecule has 4 rings (SSSR count). The molecule has 0 amide bonds. The second-order valence-corrected chi connectivity index (χ2v) is 7.00. The van der Waals surface area contributed by atoms with Gasteiger partial charge in [0.25, 0.3) is 0 Å². The van der Waals surface area contributed by atoms with Crippen molar-refractivity contribution in [3.8, 4) is 17.2 Å². The zero-order valence-corrected chi connectivity index (χ0v) is 16.5. The Hall–Kier alpha value is -2.73. The highest BCUT2D eigenvalue weighted by Crippen LogP contribution is 2.38. The van der Waals surface area contributed by atoms with Crippen molar-refractivity contribution in [1.29, 1.82) is 0 Å². The number of nitrogens with zero attached hydrogens (tertiary/aromatic N) is 2. The van der Waals surface area contributed by atoms with Crippen molar-refractivity contribution in [2.75, 3.05) is 25.6 Å². The van der Waals surface area contributed by atoms with Crippen molar-refractivity contribution in [3.63, 3.8) is 0 Å². The van der Waals surface area contributed by atoms with Gasteiger partial charge in [-0.25, -0.2) is 9.97 Å². The van der Waals surface area contributed by atoms with Crippen molar-refractivity contribution >= 4 is 34.0 Å². The predicted molar refractivity (Wildman–Crippen MR) is 110 cm³/mol. The van der Waals surface area contributed by atoms with Gasteiger partial charge in [0.1, 0.15) is 23.6 Å². The van der Waals surface area contributed by atoms with Crippen molar-refractivity contribution in [3.05, 3.63) is 41.7 Å². The molecule has 0 aliphatic carbocycles. The molecule has 2 aromatic carbocycles.